The quantitative estimate of drug-likeness (QED) is 0.105. The molecule has 1 rings (SSSR count). The average Bonchev–Trinajstić information content (AvgIpc) is 2.90. The lowest BCUT2D eigenvalue weighted by atomic mass is 9.76. The van der Waals surface area contributed by atoms with Crippen molar-refractivity contribution in [3.8, 4) is 0 Å². The molecule has 0 saturated carbocycles. The maximum absolute atomic E-state index is 14.0. The molecule has 3 atom stereocenters. The molecule has 0 unspecified atom stereocenters. The van der Waals surface area contributed by atoms with Gasteiger partial charge < -0.3 is 25.0 Å². The van der Waals surface area contributed by atoms with Crippen LogP contribution in [0.15, 0.2) is 42.0 Å². The Labute approximate surface area is 262 Å². The number of hydrogen-bond acceptors (Lipinski definition) is 6. The summed E-state index contributed by atoms with van der Waals surface area (Å²) in [7, 11) is 2.31. The second-order valence-corrected chi connectivity index (χ2v) is 20.4. The summed E-state index contributed by atoms with van der Waals surface area (Å²) >= 11 is 0. The maximum Gasteiger partial charge on any atom is 0.245 e. The van der Waals surface area contributed by atoms with Crippen molar-refractivity contribution in [1.29, 1.82) is 0 Å². The van der Waals surface area contributed by atoms with Crippen LogP contribution in [0.2, 0.25) is 25.7 Å². The number of rotatable bonds is 17. The van der Waals surface area contributed by atoms with Crippen LogP contribution in [-0.2, 0) is 29.3 Å². The third-order valence-electron chi connectivity index (χ3n) is 7.92. The first-order valence-corrected chi connectivity index (χ1v) is 19.1. The summed E-state index contributed by atoms with van der Waals surface area (Å²) < 4.78 is 11.0. The van der Waals surface area contributed by atoms with Crippen LogP contribution in [0.4, 0.5) is 0 Å². The van der Waals surface area contributed by atoms with Crippen molar-refractivity contribution in [1.82, 2.24) is 15.5 Å². The Morgan fingerprint density at radius 3 is 2.05 bits per heavy atom. The molecular weight excluding hydrogens is 558 g/mol. The van der Waals surface area contributed by atoms with Gasteiger partial charge in [0, 0.05) is 27.1 Å². The number of ether oxygens (including phenoxy) is 2. The van der Waals surface area contributed by atoms with E-state index in [0.29, 0.717) is 12.2 Å². The summed E-state index contributed by atoms with van der Waals surface area (Å²) in [5.41, 5.74) is 0.457. The number of amides is 2. The highest BCUT2D eigenvalue weighted by Crippen LogP contribution is 2.29. The largest absolute Gasteiger partial charge is 0.356 e. The zero-order valence-electron chi connectivity index (χ0n) is 29.1. The second kappa shape index (κ2) is 16.7. The first-order valence-electron chi connectivity index (χ1n) is 15.4. The van der Waals surface area contributed by atoms with Crippen LogP contribution in [-0.4, -0.2) is 82.8 Å². The molecule has 2 amide bonds. The molecule has 0 bridgehead atoms. The van der Waals surface area contributed by atoms with E-state index in [-0.39, 0.29) is 43.0 Å². The Morgan fingerprint density at radius 1 is 0.977 bits per heavy atom. The van der Waals surface area contributed by atoms with E-state index in [0.717, 1.165) is 11.6 Å². The monoisotopic (exact) mass is 617 g/mol. The summed E-state index contributed by atoms with van der Waals surface area (Å²) in [4.78, 5) is 42.3. The van der Waals surface area contributed by atoms with Gasteiger partial charge in [-0.15, -0.1) is 0 Å². The molecule has 0 aliphatic heterocycles. The molecule has 0 aromatic heterocycles. The fourth-order valence-electron chi connectivity index (χ4n) is 4.92. The van der Waals surface area contributed by atoms with Gasteiger partial charge in [0.15, 0.2) is 5.78 Å². The lowest BCUT2D eigenvalue weighted by Gasteiger charge is -2.40. The van der Waals surface area contributed by atoms with Gasteiger partial charge in [-0.3, -0.25) is 14.4 Å². The van der Waals surface area contributed by atoms with Gasteiger partial charge >= 0.3 is 0 Å². The number of benzene rings is 1. The van der Waals surface area contributed by atoms with Gasteiger partial charge in [0.25, 0.3) is 0 Å². The number of nitrogens with one attached hydrogen (secondary N) is 2. The Balaban J connectivity index is 3.06. The number of likely N-dealkylation sites (N-methyl/N-ethyl adjacent to an activating group) is 2. The lowest BCUT2D eigenvalue weighted by Crippen LogP contribution is -2.61. The summed E-state index contributed by atoms with van der Waals surface area (Å²) in [5.74, 6) is -0.581. The van der Waals surface area contributed by atoms with Crippen molar-refractivity contribution in [2.75, 3.05) is 34.1 Å². The van der Waals surface area contributed by atoms with Gasteiger partial charge in [-0.1, -0.05) is 105 Å². The summed E-state index contributed by atoms with van der Waals surface area (Å²) in [6.45, 7) is 23.1. The summed E-state index contributed by atoms with van der Waals surface area (Å²) in [6, 6.07) is 9.21. The number of carbonyl (C=O) groups is 3. The Kier molecular flexibility index (Phi) is 15.0. The predicted octanol–water partition coefficient (Wildman–Crippen LogP) is 5.41. The zero-order valence-corrected chi connectivity index (χ0v) is 30.1. The third kappa shape index (κ3) is 12.3. The van der Waals surface area contributed by atoms with Crippen molar-refractivity contribution in [2.45, 2.75) is 105 Å². The van der Waals surface area contributed by atoms with Crippen LogP contribution in [0, 0.1) is 11.3 Å². The lowest BCUT2D eigenvalue weighted by molar-refractivity contribution is -0.141. The van der Waals surface area contributed by atoms with Crippen molar-refractivity contribution in [2.24, 2.45) is 11.3 Å². The van der Waals surface area contributed by atoms with Gasteiger partial charge in [-0.25, -0.2) is 0 Å². The van der Waals surface area contributed by atoms with Crippen LogP contribution in [0.1, 0.15) is 61.0 Å². The first kappa shape index (κ1) is 38.7. The predicted molar refractivity (Wildman–Crippen MR) is 179 cm³/mol. The minimum absolute atomic E-state index is 0.0286. The molecule has 8 nitrogen and oxygen atoms in total. The molecule has 1 aromatic carbocycles. The average molecular weight is 618 g/mol. The van der Waals surface area contributed by atoms with Crippen LogP contribution >= 0.6 is 0 Å². The standard InChI is InChI=1S/C34H59N3O5Si/c1-24(2)27(21-25(3)28(38)22-42-23-41-19-20-43(11,12)13)37(10)32(40)30(33(4,5)6)36-31(39)29(35-9)34(7,8)26-17-15-14-16-18-26/h14-18,21,24,27,29-30,35H,19-20,22-23H2,1-13H3,(H,36,39)/b25-21+/t27-,29-,30-/m1/s1. The second-order valence-electron chi connectivity index (χ2n) is 14.8. The SMILES string of the molecule is CN[C@H](C(=O)N[C@H](C(=O)N(C)[C@H](/C=C(\C)C(=O)COCOCC[Si](C)(C)C)C(C)C)C(C)(C)C)C(C)(C)c1ccccc1. The van der Waals surface area contributed by atoms with Crippen molar-refractivity contribution >= 4 is 25.7 Å². The van der Waals surface area contributed by atoms with Gasteiger partial charge in [0.05, 0.1) is 12.1 Å². The molecule has 0 aliphatic carbocycles. The summed E-state index contributed by atoms with van der Waals surface area (Å²) in [5, 5.41) is 6.25. The summed E-state index contributed by atoms with van der Waals surface area (Å²) in [6.07, 6.45) is 1.83. The number of hydrogen-bond donors (Lipinski definition) is 2. The molecule has 0 heterocycles. The Morgan fingerprint density at radius 2 is 1.56 bits per heavy atom. The molecular formula is C34H59N3O5Si. The number of carbonyl (C=O) groups excluding carboxylic acids is 3. The minimum Gasteiger partial charge on any atom is -0.356 e. The molecule has 2 N–H and O–H groups in total. The van der Waals surface area contributed by atoms with Gasteiger partial charge in [-0.2, -0.15) is 0 Å². The van der Waals surface area contributed by atoms with Gasteiger partial charge in [-0.05, 0) is 42.5 Å². The molecule has 1 aromatic rings. The van der Waals surface area contributed by atoms with E-state index in [1.807, 2.05) is 84.9 Å². The highest BCUT2D eigenvalue weighted by molar-refractivity contribution is 6.76. The zero-order chi connectivity index (χ0) is 33.2. The molecule has 0 saturated heterocycles. The van der Waals surface area contributed by atoms with E-state index in [1.165, 1.54) is 0 Å². The fraction of sp³-hybridized carbons (Fsp3) is 0.676. The third-order valence-corrected chi connectivity index (χ3v) is 9.63. The molecule has 9 heteroatoms. The molecule has 0 aliphatic rings. The number of ketones is 1. The van der Waals surface area contributed by atoms with E-state index in [2.05, 4.69) is 30.3 Å². The van der Waals surface area contributed by atoms with E-state index in [1.54, 1.807) is 25.9 Å². The highest BCUT2D eigenvalue weighted by atomic mass is 28.3. The van der Waals surface area contributed by atoms with Crippen molar-refractivity contribution < 1.29 is 23.9 Å². The molecule has 43 heavy (non-hydrogen) atoms. The van der Waals surface area contributed by atoms with Crippen LogP contribution in [0.5, 0.6) is 0 Å². The molecule has 0 fully saturated rings. The topological polar surface area (TPSA) is 97.0 Å². The van der Waals surface area contributed by atoms with Crippen molar-refractivity contribution in [3.63, 3.8) is 0 Å². The Bertz CT molecular complexity index is 1070. The van der Waals surface area contributed by atoms with E-state index in [9.17, 15) is 14.4 Å². The van der Waals surface area contributed by atoms with Crippen LogP contribution < -0.4 is 10.6 Å². The van der Waals surface area contributed by atoms with Crippen LogP contribution in [0.25, 0.3) is 0 Å². The Hall–Kier alpha value is -2.33. The van der Waals surface area contributed by atoms with E-state index < -0.39 is 31.0 Å². The smallest absolute Gasteiger partial charge is 0.245 e. The fourth-order valence-corrected chi connectivity index (χ4v) is 5.68. The number of nitrogens with zero attached hydrogens (tertiary/aromatic N) is 1. The van der Waals surface area contributed by atoms with E-state index in [4.69, 9.17) is 9.47 Å². The number of Topliss-reactive ketones (excluding diaryl/α,β-unsaturated/α-hetero) is 1. The van der Waals surface area contributed by atoms with Gasteiger partial charge in [0.2, 0.25) is 11.8 Å². The van der Waals surface area contributed by atoms with Crippen LogP contribution in [0.3, 0.4) is 0 Å². The molecule has 244 valence electrons. The maximum atomic E-state index is 14.0. The molecule has 0 spiro atoms. The minimum atomic E-state index is -1.18. The first-order chi connectivity index (χ1) is 19.7. The highest BCUT2D eigenvalue weighted by Gasteiger charge is 2.41. The normalized spacial score (nSPS) is 15.2. The van der Waals surface area contributed by atoms with Gasteiger partial charge in [0.1, 0.15) is 19.4 Å². The van der Waals surface area contributed by atoms with Crippen molar-refractivity contribution in [3.05, 3.63) is 47.5 Å². The molecule has 0 radical (unpaired) electrons. The van der Waals surface area contributed by atoms with E-state index >= 15 is 0 Å².